The first-order valence-electron chi connectivity index (χ1n) is 7.49. The molecule has 6 heteroatoms. The van der Waals surface area contributed by atoms with Gasteiger partial charge in [0, 0.05) is 4.47 Å². The number of carbonyl (C=O) groups excluding carboxylic acids is 1. The van der Waals surface area contributed by atoms with E-state index in [4.69, 9.17) is 10.5 Å². The van der Waals surface area contributed by atoms with Crippen molar-refractivity contribution in [3.05, 3.63) is 28.7 Å². The van der Waals surface area contributed by atoms with Gasteiger partial charge in [-0.05, 0) is 38.0 Å². The summed E-state index contributed by atoms with van der Waals surface area (Å²) < 4.78 is 6.75. The maximum atomic E-state index is 12.2. The standard InChI is InChI=1S/C16H23BrN2O2.ClH/c1-12(21-14-7-5-6-13(17)10-14)11-19-15(20)16(18)8-3-2-4-9-16;/h5-7,10,12H,2-4,8-9,11,18H2,1H3,(H,19,20);1H. The van der Waals surface area contributed by atoms with Crippen LogP contribution in [0.1, 0.15) is 39.0 Å². The van der Waals surface area contributed by atoms with Crippen molar-refractivity contribution in [2.75, 3.05) is 6.54 Å². The molecule has 1 aliphatic rings. The predicted molar refractivity (Wildman–Crippen MR) is 94.5 cm³/mol. The van der Waals surface area contributed by atoms with Crippen molar-refractivity contribution in [3.63, 3.8) is 0 Å². The molecule has 124 valence electrons. The fourth-order valence-corrected chi connectivity index (χ4v) is 3.01. The Labute approximate surface area is 146 Å². The molecule has 0 radical (unpaired) electrons. The molecule has 3 N–H and O–H groups in total. The molecule has 0 heterocycles. The van der Waals surface area contributed by atoms with E-state index in [1.165, 1.54) is 6.42 Å². The van der Waals surface area contributed by atoms with Crippen LogP contribution in [0.15, 0.2) is 28.7 Å². The Hall–Kier alpha value is -0.780. The summed E-state index contributed by atoms with van der Waals surface area (Å²) in [6.45, 7) is 2.40. The first-order chi connectivity index (χ1) is 9.99. The van der Waals surface area contributed by atoms with Crippen LogP contribution in [-0.2, 0) is 4.79 Å². The second kappa shape index (κ2) is 8.75. The molecular formula is C16H24BrClN2O2. The van der Waals surface area contributed by atoms with Gasteiger partial charge in [-0.2, -0.15) is 0 Å². The van der Waals surface area contributed by atoms with Gasteiger partial charge in [-0.15, -0.1) is 12.4 Å². The van der Waals surface area contributed by atoms with Gasteiger partial charge in [-0.25, -0.2) is 0 Å². The van der Waals surface area contributed by atoms with E-state index in [9.17, 15) is 4.79 Å². The smallest absolute Gasteiger partial charge is 0.240 e. The normalized spacial score (nSPS) is 18.0. The zero-order valence-corrected chi connectivity index (χ0v) is 15.2. The molecule has 0 spiro atoms. The molecule has 4 nitrogen and oxygen atoms in total. The number of ether oxygens (including phenoxy) is 1. The zero-order chi connectivity index (χ0) is 15.3. The minimum Gasteiger partial charge on any atom is -0.489 e. The summed E-state index contributed by atoms with van der Waals surface area (Å²) in [7, 11) is 0. The minimum atomic E-state index is -0.687. The molecule has 1 saturated carbocycles. The second-order valence-corrected chi connectivity index (χ2v) is 6.73. The van der Waals surface area contributed by atoms with Crippen LogP contribution in [0.3, 0.4) is 0 Å². The van der Waals surface area contributed by atoms with Gasteiger partial charge >= 0.3 is 0 Å². The molecule has 1 aromatic carbocycles. The van der Waals surface area contributed by atoms with Crippen molar-refractivity contribution in [3.8, 4) is 5.75 Å². The Balaban J connectivity index is 0.00000242. The van der Waals surface area contributed by atoms with Gasteiger partial charge in [-0.1, -0.05) is 41.3 Å². The van der Waals surface area contributed by atoms with Crippen molar-refractivity contribution < 1.29 is 9.53 Å². The lowest BCUT2D eigenvalue weighted by Gasteiger charge is -2.32. The first-order valence-corrected chi connectivity index (χ1v) is 8.28. The molecule has 1 aliphatic carbocycles. The predicted octanol–water partition coefficient (Wildman–Crippen LogP) is 3.42. The number of nitrogens with two attached hydrogens (primary N) is 1. The molecule has 1 aromatic rings. The molecule has 1 atom stereocenters. The number of hydrogen-bond acceptors (Lipinski definition) is 3. The number of amides is 1. The number of halogens is 2. The first kappa shape index (κ1) is 19.3. The SMILES string of the molecule is CC(CNC(=O)C1(N)CCCCC1)Oc1cccc(Br)c1.Cl. The highest BCUT2D eigenvalue weighted by Crippen LogP contribution is 2.26. The average Bonchev–Trinajstić information content (AvgIpc) is 2.45. The molecular weight excluding hydrogens is 368 g/mol. The number of nitrogens with one attached hydrogen (secondary N) is 1. The second-order valence-electron chi connectivity index (χ2n) is 5.81. The molecule has 2 rings (SSSR count). The van der Waals surface area contributed by atoms with Crippen molar-refractivity contribution in [1.29, 1.82) is 0 Å². The highest BCUT2D eigenvalue weighted by molar-refractivity contribution is 9.10. The van der Waals surface area contributed by atoms with Gasteiger partial charge < -0.3 is 15.8 Å². The average molecular weight is 392 g/mol. The van der Waals surface area contributed by atoms with Gasteiger partial charge in [-0.3, -0.25) is 4.79 Å². The van der Waals surface area contributed by atoms with E-state index in [0.717, 1.165) is 35.9 Å². The van der Waals surface area contributed by atoms with E-state index in [-0.39, 0.29) is 24.4 Å². The summed E-state index contributed by atoms with van der Waals surface area (Å²) in [6.07, 6.45) is 4.70. The molecule has 0 aliphatic heterocycles. The van der Waals surface area contributed by atoms with Gasteiger partial charge in [0.15, 0.2) is 0 Å². The highest BCUT2D eigenvalue weighted by Gasteiger charge is 2.35. The highest BCUT2D eigenvalue weighted by atomic mass is 79.9. The summed E-state index contributed by atoms with van der Waals surface area (Å²) in [5.74, 6) is 0.734. The fourth-order valence-electron chi connectivity index (χ4n) is 2.64. The lowest BCUT2D eigenvalue weighted by Crippen LogP contribution is -2.56. The van der Waals surface area contributed by atoms with E-state index in [2.05, 4.69) is 21.2 Å². The molecule has 1 fully saturated rings. The van der Waals surface area contributed by atoms with E-state index < -0.39 is 5.54 Å². The van der Waals surface area contributed by atoms with Gasteiger partial charge in [0.2, 0.25) is 5.91 Å². The minimum absolute atomic E-state index is 0. The molecule has 0 saturated heterocycles. The number of carbonyl (C=O) groups is 1. The van der Waals surface area contributed by atoms with Crippen LogP contribution in [0.4, 0.5) is 0 Å². The summed E-state index contributed by atoms with van der Waals surface area (Å²) in [6, 6.07) is 7.67. The van der Waals surface area contributed by atoms with Gasteiger partial charge in [0.05, 0.1) is 12.1 Å². The maximum Gasteiger partial charge on any atom is 0.240 e. The van der Waals surface area contributed by atoms with E-state index >= 15 is 0 Å². The quantitative estimate of drug-likeness (QED) is 0.808. The number of rotatable bonds is 5. The third-order valence-electron chi connectivity index (χ3n) is 3.88. The van der Waals surface area contributed by atoms with Crippen LogP contribution in [0.5, 0.6) is 5.75 Å². The molecule has 1 amide bonds. The van der Waals surface area contributed by atoms with Crippen LogP contribution < -0.4 is 15.8 Å². The van der Waals surface area contributed by atoms with E-state index in [0.29, 0.717) is 6.54 Å². The molecule has 22 heavy (non-hydrogen) atoms. The Morgan fingerprint density at radius 2 is 2.09 bits per heavy atom. The Morgan fingerprint density at radius 3 is 2.73 bits per heavy atom. The number of benzene rings is 1. The van der Waals surface area contributed by atoms with Gasteiger partial charge in [0.1, 0.15) is 11.9 Å². The van der Waals surface area contributed by atoms with Crippen LogP contribution in [-0.4, -0.2) is 24.1 Å². The number of hydrogen-bond donors (Lipinski definition) is 2. The van der Waals surface area contributed by atoms with Crippen molar-refractivity contribution in [2.45, 2.75) is 50.7 Å². The monoisotopic (exact) mass is 390 g/mol. The Kier molecular flexibility index (Phi) is 7.66. The summed E-state index contributed by atoms with van der Waals surface area (Å²) in [5.41, 5.74) is 5.52. The lowest BCUT2D eigenvalue weighted by molar-refractivity contribution is -0.127. The molecule has 1 unspecified atom stereocenters. The van der Waals surface area contributed by atoms with Crippen LogP contribution in [0.25, 0.3) is 0 Å². The Morgan fingerprint density at radius 1 is 1.41 bits per heavy atom. The summed E-state index contributed by atoms with van der Waals surface area (Å²) in [5, 5.41) is 2.93. The summed E-state index contributed by atoms with van der Waals surface area (Å²) in [4.78, 5) is 12.2. The molecule has 0 aromatic heterocycles. The third kappa shape index (κ3) is 5.45. The fraction of sp³-hybridized carbons (Fsp3) is 0.562. The van der Waals surface area contributed by atoms with E-state index in [1.807, 2.05) is 31.2 Å². The largest absolute Gasteiger partial charge is 0.489 e. The zero-order valence-electron chi connectivity index (χ0n) is 12.8. The van der Waals surface area contributed by atoms with Crippen molar-refractivity contribution in [2.24, 2.45) is 5.73 Å². The maximum absolute atomic E-state index is 12.2. The van der Waals surface area contributed by atoms with E-state index in [1.54, 1.807) is 0 Å². The van der Waals surface area contributed by atoms with Crippen LogP contribution in [0, 0.1) is 0 Å². The van der Waals surface area contributed by atoms with Crippen LogP contribution in [0.2, 0.25) is 0 Å². The van der Waals surface area contributed by atoms with Crippen molar-refractivity contribution >= 4 is 34.2 Å². The Bertz CT molecular complexity index is 493. The lowest BCUT2D eigenvalue weighted by atomic mass is 9.82. The molecule has 0 bridgehead atoms. The van der Waals surface area contributed by atoms with Gasteiger partial charge in [0.25, 0.3) is 0 Å². The topological polar surface area (TPSA) is 64.4 Å². The summed E-state index contributed by atoms with van der Waals surface area (Å²) >= 11 is 3.41. The third-order valence-corrected chi connectivity index (χ3v) is 4.37. The van der Waals surface area contributed by atoms with Crippen molar-refractivity contribution in [1.82, 2.24) is 5.32 Å². The van der Waals surface area contributed by atoms with Crippen LogP contribution >= 0.6 is 28.3 Å².